The molecule has 2 aliphatic rings. The van der Waals surface area contributed by atoms with E-state index in [0.717, 1.165) is 5.56 Å². The molecule has 4 nitrogen and oxygen atoms in total. The van der Waals surface area contributed by atoms with Crippen molar-refractivity contribution in [1.82, 2.24) is 0 Å². The van der Waals surface area contributed by atoms with Gasteiger partial charge in [0.25, 0.3) is 0 Å². The van der Waals surface area contributed by atoms with Crippen molar-refractivity contribution in [2.75, 3.05) is 10.6 Å². The van der Waals surface area contributed by atoms with Crippen LogP contribution in [0.2, 0.25) is 0 Å². The molecule has 0 radical (unpaired) electrons. The number of carbonyl (C=O) groups is 2. The molecule has 94 valence electrons. The highest BCUT2D eigenvalue weighted by Gasteiger charge is 2.72. The molecule has 1 saturated heterocycles. The van der Waals surface area contributed by atoms with Crippen molar-refractivity contribution < 1.29 is 9.59 Å². The van der Waals surface area contributed by atoms with Gasteiger partial charge >= 0.3 is 0 Å². The van der Waals surface area contributed by atoms with Crippen molar-refractivity contribution in [2.24, 2.45) is 17.3 Å². The molecule has 4 heteroatoms. The molecule has 1 aromatic carbocycles. The first-order valence-corrected chi connectivity index (χ1v) is 6.09. The van der Waals surface area contributed by atoms with Crippen molar-refractivity contribution >= 4 is 23.2 Å². The van der Waals surface area contributed by atoms with Crippen LogP contribution in [0.25, 0.3) is 0 Å². The van der Waals surface area contributed by atoms with Gasteiger partial charge in [-0.05, 0) is 30.0 Å². The minimum absolute atomic E-state index is 0.0850. The summed E-state index contributed by atoms with van der Waals surface area (Å²) < 4.78 is 0. The summed E-state index contributed by atoms with van der Waals surface area (Å²) in [6.07, 6.45) is 0. The summed E-state index contributed by atoms with van der Waals surface area (Å²) >= 11 is 0. The van der Waals surface area contributed by atoms with Crippen LogP contribution in [0.5, 0.6) is 0 Å². The average molecular weight is 244 g/mol. The van der Waals surface area contributed by atoms with Gasteiger partial charge in [0.2, 0.25) is 11.8 Å². The average Bonchev–Trinajstić information content (AvgIpc) is 2.74. The summed E-state index contributed by atoms with van der Waals surface area (Å²) in [5, 5.41) is 0. The Morgan fingerprint density at radius 3 is 2.22 bits per heavy atom. The molecule has 2 unspecified atom stereocenters. The van der Waals surface area contributed by atoms with Crippen LogP contribution in [-0.4, -0.2) is 11.8 Å². The van der Waals surface area contributed by atoms with Gasteiger partial charge in [-0.3, -0.25) is 9.59 Å². The van der Waals surface area contributed by atoms with Crippen LogP contribution < -0.4 is 10.6 Å². The summed E-state index contributed by atoms with van der Waals surface area (Å²) in [6.45, 7) is 5.84. The zero-order chi connectivity index (χ0) is 13.2. The molecule has 2 atom stereocenters. The van der Waals surface area contributed by atoms with E-state index < -0.39 is 0 Å². The molecule has 1 aliphatic heterocycles. The van der Waals surface area contributed by atoms with Crippen molar-refractivity contribution in [1.29, 1.82) is 0 Å². The Hall–Kier alpha value is -1.84. The topological polar surface area (TPSA) is 63.4 Å². The van der Waals surface area contributed by atoms with Crippen LogP contribution in [-0.2, 0) is 9.59 Å². The number of rotatable bonds is 1. The van der Waals surface area contributed by atoms with E-state index in [9.17, 15) is 9.59 Å². The number of amides is 2. The van der Waals surface area contributed by atoms with E-state index in [2.05, 4.69) is 0 Å². The summed E-state index contributed by atoms with van der Waals surface area (Å²) in [7, 11) is 0. The normalized spacial score (nSPS) is 28.5. The lowest BCUT2D eigenvalue weighted by Gasteiger charge is -2.21. The zero-order valence-electron chi connectivity index (χ0n) is 10.7. The largest absolute Gasteiger partial charge is 0.398 e. The fourth-order valence-electron chi connectivity index (χ4n) is 2.97. The van der Waals surface area contributed by atoms with Crippen molar-refractivity contribution in [3.05, 3.63) is 23.8 Å². The Morgan fingerprint density at radius 1 is 1.17 bits per heavy atom. The van der Waals surface area contributed by atoms with Gasteiger partial charge in [0.15, 0.2) is 0 Å². The fraction of sp³-hybridized carbons (Fsp3) is 0.429. The van der Waals surface area contributed by atoms with Gasteiger partial charge in [-0.2, -0.15) is 0 Å². The number of aryl methyl sites for hydroxylation is 1. The molecule has 1 aromatic rings. The Kier molecular flexibility index (Phi) is 1.96. The van der Waals surface area contributed by atoms with Gasteiger partial charge in [-0.1, -0.05) is 19.9 Å². The first kappa shape index (κ1) is 11.3. The molecule has 2 amide bonds. The predicted molar refractivity (Wildman–Crippen MR) is 68.8 cm³/mol. The van der Waals surface area contributed by atoms with Gasteiger partial charge in [0.05, 0.1) is 17.5 Å². The molecule has 3 rings (SSSR count). The lowest BCUT2D eigenvalue weighted by Crippen LogP contribution is -2.36. The van der Waals surface area contributed by atoms with Crippen LogP contribution in [0.15, 0.2) is 18.2 Å². The van der Waals surface area contributed by atoms with E-state index in [1.165, 1.54) is 4.90 Å². The maximum Gasteiger partial charge on any atom is 0.238 e. The lowest BCUT2D eigenvalue weighted by atomic mass is 10.0. The minimum atomic E-state index is -0.166. The quantitative estimate of drug-likeness (QED) is 0.604. The number of imide groups is 1. The third kappa shape index (κ3) is 1.20. The SMILES string of the molecule is Cc1ccc(N2C(=O)C3C(C2=O)C3(C)C)cc1N. The molecular formula is C14H16N2O2. The number of nitrogens with two attached hydrogens (primary N) is 1. The van der Waals surface area contributed by atoms with Gasteiger partial charge in [0.1, 0.15) is 0 Å². The maximum absolute atomic E-state index is 12.2. The molecule has 1 saturated carbocycles. The third-order valence-electron chi connectivity index (χ3n) is 4.32. The highest BCUT2D eigenvalue weighted by molar-refractivity contribution is 6.25. The molecule has 1 heterocycles. The molecule has 2 fully saturated rings. The second-order valence-electron chi connectivity index (χ2n) is 5.83. The summed E-state index contributed by atoms with van der Waals surface area (Å²) in [5.41, 5.74) is 7.81. The van der Waals surface area contributed by atoms with Crippen molar-refractivity contribution in [3.8, 4) is 0 Å². The number of fused-ring (bicyclic) bond motifs is 1. The summed E-state index contributed by atoms with van der Waals surface area (Å²) in [5.74, 6) is -0.462. The third-order valence-corrected chi connectivity index (χ3v) is 4.32. The van der Waals surface area contributed by atoms with Crippen LogP contribution in [0.1, 0.15) is 19.4 Å². The van der Waals surface area contributed by atoms with E-state index in [1.54, 1.807) is 12.1 Å². The standard InChI is InChI=1S/C14H16N2O2/c1-7-4-5-8(6-9(7)15)16-12(17)10-11(13(16)18)14(10,2)3/h4-6,10-11H,15H2,1-3H3. The highest BCUT2D eigenvalue weighted by atomic mass is 16.2. The number of hydrogen-bond acceptors (Lipinski definition) is 3. The monoisotopic (exact) mass is 244 g/mol. The molecular weight excluding hydrogens is 228 g/mol. The Bertz CT molecular complexity index is 553. The Balaban J connectivity index is 1.98. The number of nitrogens with zero attached hydrogens (tertiary/aromatic N) is 1. The fourth-order valence-corrected chi connectivity index (χ4v) is 2.97. The molecule has 0 bridgehead atoms. The molecule has 0 spiro atoms. The number of hydrogen-bond donors (Lipinski definition) is 1. The van der Waals surface area contributed by atoms with E-state index in [0.29, 0.717) is 11.4 Å². The van der Waals surface area contributed by atoms with Crippen LogP contribution in [0.4, 0.5) is 11.4 Å². The molecule has 2 N–H and O–H groups in total. The van der Waals surface area contributed by atoms with E-state index >= 15 is 0 Å². The number of benzene rings is 1. The lowest BCUT2D eigenvalue weighted by molar-refractivity contribution is -0.125. The molecule has 1 aliphatic carbocycles. The van der Waals surface area contributed by atoms with E-state index in [4.69, 9.17) is 5.73 Å². The van der Waals surface area contributed by atoms with Gasteiger partial charge < -0.3 is 5.73 Å². The maximum atomic E-state index is 12.2. The van der Waals surface area contributed by atoms with Gasteiger partial charge in [-0.15, -0.1) is 0 Å². The number of piperidine rings is 1. The van der Waals surface area contributed by atoms with Gasteiger partial charge in [0, 0.05) is 5.69 Å². The number of carbonyl (C=O) groups excluding carboxylic acids is 2. The van der Waals surface area contributed by atoms with Crippen LogP contribution in [0.3, 0.4) is 0 Å². The first-order chi connectivity index (χ1) is 8.35. The Labute approximate surface area is 106 Å². The van der Waals surface area contributed by atoms with Crippen LogP contribution >= 0.6 is 0 Å². The van der Waals surface area contributed by atoms with Crippen LogP contribution in [0, 0.1) is 24.2 Å². The molecule has 18 heavy (non-hydrogen) atoms. The van der Waals surface area contributed by atoms with E-state index in [-0.39, 0.29) is 29.1 Å². The smallest absolute Gasteiger partial charge is 0.238 e. The zero-order valence-corrected chi connectivity index (χ0v) is 10.7. The summed E-state index contributed by atoms with van der Waals surface area (Å²) in [4.78, 5) is 25.8. The molecule has 0 aromatic heterocycles. The van der Waals surface area contributed by atoms with Crippen molar-refractivity contribution in [2.45, 2.75) is 20.8 Å². The minimum Gasteiger partial charge on any atom is -0.398 e. The van der Waals surface area contributed by atoms with Gasteiger partial charge in [-0.25, -0.2) is 4.90 Å². The van der Waals surface area contributed by atoms with Crippen molar-refractivity contribution in [3.63, 3.8) is 0 Å². The number of anilines is 2. The first-order valence-electron chi connectivity index (χ1n) is 6.09. The Morgan fingerprint density at radius 2 is 1.72 bits per heavy atom. The number of nitrogen functional groups attached to an aromatic ring is 1. The highest BCUT2D eigenvalue weighted by Crippen LogP contribution is 2.63. The predicted octanol–water partition coefficient (Wildman–Crippen LogP) is 1.72. The second kappa shape index (κ2) is 3.13. The van der Waals surface area contributed by atoms with E-state index in [1.807, 2.05) is 26.8 Å². The second-order valence-corrected chi connectivity index (χ2v) is 5.83. The summed E-state index contributed by atoms with van der Waals surface area (Å²) in [6, 6.07) is 5.31.